The molecular formula is C11H11F2NO2S2. The lowest BCUT2D eigenvalue weighted by molar-refractivity contribution is 0.409. The average molecular weight is 291 g/mol. The fourth-order valence-electron chi connectivity index (χ4n) is 2.47. The van der Waals surface area contributed by atoms with Crippen LogP contribution in [0.3, 0.4) is 0 Å². The van der Waals surface area contributed by atoms with Crippen LogP contribution >= 0.6 is 11.8 Å². The van der Waals surface area contributed by atoms with E-state index in [1.165, 1.54) is 4.31 Å². The van der Waals surface area contributed by atoms with E-state index in [-0.39, 0.29) is 10.9 Å². The molecule has 2 bridgehead atoms. The van der Waals surface area contributed by atoms with Crippen molar-refractivity contribution in [3.63, 3.8) is 0 Å². The molecule has 2 fully saturated rings. The summed E-state index contributed by atoms with van der Waals surface area (Å²) in [6.45, 7) is 0.440. The molecule has 2 unspecified atom stereocenters. The first-order valence-electron chi connectivity index (χ1n) is 5.56. The Bertz CT molecular complexity index is 570. The summed E-state index contributed by atoms with van der Waals surface area (Å²) in [4.78, 5) is -0.294. The molecule has 2 heterocycles. The molecule has 3 nitrogen and oxygen atoms in total. The molecule has 0 radical (unpaired) electrons. The minimum absolute atomic E-state index is 0.0312. The zero-order valence-electron chi connectivity index (χ0n) is 9.34. The molecule has 18 heavy (non-hydrogen) atoms. The van der Waals surface area contributed by atoms with E-state index in [0.29, 0.717) is 17.9 Å². The quantitative estimate of drug-likeness (QED) is 0.834. The number of nitrogens with zero attached hydrogens (tertiary/aromatic N) is 1. The molecule has 98 valence electrons. The first-order valence-corrected chi connectivity index (χ1v) is 8.05. The number of rotatable bonds is 2. The van der Waals surface area contributed by atoms with Gasteiger partial charge in [0.15, 0.2) is 0 Å². The summed E-state index contributed by atoms with van der Waals surface area (Å²) in [7, 11) is -3.77. The summed E-state index contributed by atoms with van der Waals surface area (Å²) in [5.41, 5.74) is 0. The van der Waals surface area contributed by atoms with Crippen molar-refractivity contribution in [2.24, 2.45) is 0 Å². The van der Waals surface area contributed by atoms with Crippen LogP contribution in [-0.2, 0) is 10.0 Å². The molecule has 2 aliphatic rings. The third kappa shape index (κ3) is 1.94. The molecule has 2 aliphatic heterocycles. The van der Waals surface area contributed by atoms with E-state index in [2.05, 4.69) is 0 Å². The zero-order valence-corrected chi connectivity index (χ0v) is 11.0. The molecule has 0 N–H and O–H groups in total. The smallest absolute Gasteiger partial charge is 0.207 e. The number of halogens is 2. The third-order valence-electron chi connectivity index (χ3n) is 3.29. The molecule has 0 saturated carbocycles. The second-order valence-electron chi connectivity index (χ2n) is 4.52. The predicted octanol–water partition coefficient (Wildman–Crippen LogP) is 1.84. The topological polar surface area (TPSA) is 37.4 Å². The minimum Gasteiger partial charge on any atom is -0.207 e. The van der Waals surface area contributed by atoms with Crippen molar-refractivity contribution in [3.05, 3.63) is 29.8 Å². The average Bonchev–Trinajstić information content (AvgIpc) is 2.89. The Morgan fingerprint density at radius 1 is 1.22 bits per heavy atom. The lowest BCUT2D eigenvalue weighted by atomic mass is 10.3. The Balaban J connectivity index is 1.99. The standard InChI is InChI=1S/C11H11F2NO2S2/c12-7-1-8(13)3-11(2-7)18(15,16)14-5-10-4-9(14)6-17-10/h1-3,9-10H,4-6H2. The number of hydrogen-bond donors (Lipinski definition) is 0. The van der Waals surface area contributed by atoms with Gasteiger partial charge in [0.05, 0.1) is 4.90 Å². The second-order valence-corrected chi connectivity index (χ2v) is 7.75. The highest BCUT2D eigenvalue weighted by Gasteiger charge is 2.45. The van der Waals surface area contributed by atoms with Crippen molar-refractivity contribution in [3.8, 4) is 0 Å². The molecule has 1 aromatic rings. The van der Waals surface area contributed by atoms with Gasteiger partial charge in [-0.1, -0.05) is 0 Å². The van der Waals surface area contributed by atoms with Gasteiger partial charge in [-0.2, -0.15) is 16.1 Å². The number of sulfonamides is 1. The van der Waals surface area contributed by atoms with E-state index < -0.39 is 21.7 Å². The van der Waals surface area contributed by atoms with Gasteiger partial charge in [-0.25, -0.2) is 17.2 Å². The van der Waals surface area contributed by atoms with Crippen molar-refractivity contribution in [2.75, 3.05) is 12.3 Å². The Labute approximate surface area is 108 Å². The van der Waals surface area contributed by atoms with Gasteiger partial charge in [0, 0.05) is 29.7 Å². The van der Waals surface area contributed by atoms with Crippen molar-refractivity contribution in [1.82, 2.24) is 4.31 Å². The highest BCUT2D eigenvalue weighted by atomic mass is 32.2. The predicted molar refractivity (Wildman–Crippen MR) is 64.9 cm³/mol. The van der Waals surface area contributed by atoms with E-state index in [1.54, 1.807) is 11.8 Å². The normalized spacial score (nSPS) is 27.9. The molecular weight excluding hydrogens is 280 g/mol. The monoisotopic (exact) mass is 291 g/mol. The Morgan fingerprint density at radius 2 is 1.89 bits per heavy atom. The Hall–Kier alpha value is -0.660. The molecule has 2 saturated heterocycles. The lowest BCUT2D eigenvalue weighted by Gasteiger charge is -2.25. The zero-order chi connectivity index (χ0) is 12.9. The van der Waals surface area contributed by atoms with E-state index in [0.717, 1.165) is 24.3 Å². The Morgan fingerprint density at radius 3 is 2.39 bits per heavy atom. The number of fused-ring (bicyclic) bond motifs is 2. The molecule has 1 aromatic carbocycles. The maximum Gasteiger partial charge on any atom is 0.243 e. The van der Waals surface area contributed by atoms with Crippen LogP contribution < -0.4 is 0 Å². The van der Waals surface area contributed by atoms with Crippen molar-refractivity contribution in [2.45, 2.75) is 22.6 Å². The Kier molecular flexibility index (Phi) is 2.87. The molecule has 7 heteroatoms. The van der Waals surface area contributed by atoms with Crippen LogP contribution in [0.15, 0.2) is 23.1 Å². The largest absolute Gasteiger partial charge is 0.243 e. The van der Waals surface area contributed by atoms with Crippen LogP contribution in [0.25, 0.3) is 0 Å². The number of hydrogen-bond acceptors (Lipinski definition) is 3. The van der Waals surface area contributed by atoms with E-state index >= 15 is 0 Å². The van der Waals surface area contributed by atoms with Crippen LogP contribution in [0.5, 0.6) is 0 Å². The summed E-state index contributed by atoms with van der Waals surface area (Å²) in [6, 6.07) is 2.39. The van der Waals surface area contributed by atoms with Crippen molar-refractivity contribution < 1.29 is 17.2 Å². The van der Waals surface area contributed by atoms with Crippen LogP contribution in [0.2, 0.25) is 0 Å². The summed E-state index contributed by atoms with van der Waals surface area (Å²) in [5, 5.41) is 0.322. The molecule has 0 amide bonds. The molecule has 2 atom stereocenters. The summed E-state index contributed by atoms with van der Waals surface area (Å²) < 4.78 is 52.2. The first kappa shape index (κ1) is 12.4. The van der Waals surface area contributed by atoms with Crippen LogP contribution in [0.4, 0.5) is 8.78 Å². The summed E-state index contributed by atoms with van der Waals surface area (Å²) >= 11 is 1.76. The number of thioether (sulfide) groups is 1. The fraction of sp³-hybridized carbons (Fsp3) is 0.455. The number of benzene rings is 1. The first-order chi connectivity index (χ1) is 8.46. The second kappa shape index (κ2) is 4.18. The highest BCUT2D eigenvalue weighted by Crippen LogP contribution is 2.40. The van der Waals surface area contributed by atoms with Gasteiger partial charge in [0.2, 0.25) is 10.0 Å². The molecule has 0 aromatic heterocycles. The van der Waals surface area contributed by atoms with Crippen LogP contribution in [0, 0.1) is 11.6 Å². The third-order valence-corrected chi connectivity index (χ3v) is 6.58. The fourth-order valence-corrected chi connectivity index (χ4v) is 5.82. The van der Waals surface area contributed by atoms with Crippen LogP contribution in [-0.4, -0.2) is 36.3 Å². The maximum atomic E-state index is 13.1. The summed E-state index contributed by atoms with van der Waals surface area (Å²) in [6.07, 6.45) is 0.835. The molecule has 3 rings (SSSR count). The van der Waals surface area contributed by atoms with Gasteiger partial charge < -0.3 is 0 Å². The van der Waals surface area contributed by atoms with E-state index in [9.17, 15) is 17.2 Å². The van der Waals surface area contributed by atoms with Gasteiger partial charge >= 0.3 is 0 Å². The molecule has 0 aliphatic carbocycles. The van der Waals surface area contributed by atoms with Gasteiger partial charge in [-0.3, -0.25) is 0 Å². The van der Waals surface area contributed by atoms with Gasteiger partial charge in [0.25, 0.3) is 0 Å². The maximum absolute atomic E-state index is 13.1. The van der Waals surface area contributed by atoms with Gasteiger partial charge in [-0.15, -0.1) is 0 Å². The van der Waals surface area contributed by atoms with Crippen molar-refractivity contribution >= 4 is 21.8 Å². The minimum atomic E-state index is -3.77. The van der Waals surface area contributed by atoms with Crippen molar-refractivity contribution in [1.29, 1.82) is 0 Å². The van der Waals surface area contributed by atoms with Gasteiger partial charge in [0.1, 0.15) is 11.6 Å². The highest BCUT2D eigenvalue weighted by molar-refractivity contribution is 8.00. The van der Waals surface area contributed by atoms with E-state index in [4.69, 9.17) is 0 Å². The SMILES string of the molecule is O=S(=O)(c1cc(F)cc(F)c1)N1CC2CC1CS2. The van der Waals surface area contributed by atoms with Crippen LogP contribution in [0.1, 0.15) is 6.42 Å². The molecule has 0 spiro atoms. The van der Waals surface area contributed by atoms with E-state index in [1.807, 2.05) is 0 Å². The lowest BCUT2D eigenvalue weighted by Crippen LogP contribution is -2.39. The summed E-state index contributed by atoms with van der Waals surface area (Å²) in [5.74, 6) is -0.971. The van der Waals surface area contributed by atoms with Gasteiger partial charge in [-0.05, 0) is 18.6 Å².